The van der Waals surface area contributed by atoms with Gasteiger partial charge >= 0.3 is 0 Å². The molecule has 0 amide bonds. The molecule has 0 aliphatic heterocycles. The van der Waals surface area contributed by atoms with E-state index >= 15 is 0 Å². The number of nitrogens with zero attached hydrogens (tertiary/aromatic N) is 1. The number of hydrogen-bond donors (Lipinski definition) is 2. The molecule has 2 aromatic rings. The van der Waals surface area contributed by atoms with E-state index in [9.17, 15) is 8.42 Å². The minimum atomic E-state index is -3.54. The Kier molecular flexibility index (Phi) is 4.18. The van der Waals surface area contributed by atoms with E-state index in [-0.39, 0.29) is 10.9 Å². The zero-order chi connectivity index (χ0) is 13.9. The zero-order valence-electron chi connectivity index (χ0n) is 10.4. The molecule has 0 bridgehead atoms. The van der Waals surface area contributed by atoms with Crippen molar-refractivity contribution in [2.45, 2.75) is 24.3 Å². The quantitative estimate of drug-likeness (QED) is 0.878. The van der Waals surface area contributed by atoms with Crippen LogP contribution in [0, 0.1) is 0 Å². The summed E-state index contributed by atoms with van der Waals surface area (Å²) >= 11 is 1.60. The monoisotopic (exact) mass is 297 g/mol. The van der Waals surface area contributed by atoms with Gasteiger partial charge < -0.3 is 5.73 Å². The van der Waals surface area contributed by atoms with Crippen LogP contribution in [0.15, 0.2) is 40.1 Å². The van der Waals surface area contributed by atoms with E-state index in [0.29, 0.717) is 12.2 Å². The number of anilines is 1. The van der Waals surface area contributed by atoms with Crippen LogP contribution in [0.25, 0.3) is 0 Å². The molecule has 0 aliphatic carbocycles. The number of rotatable bonds is 5. The fraction of sp³-hybridized carbons (Fsp3) is 0.250. The van der Waals surface area contributed by atoms with Crippen molar-refractivity contribution in [3.05, 3.63) is 40.7 Å². The van der Waals surface area contributed by atoms with Crippen molar-refractivity contribution >= 4 is 27.2 Å². The fourth-order valence-electron chi connectivity index (χ4n) is 1.69. The van der Waals surface area contributed by atoms with Gasteiger partial charge in [0.1, 0.15) is 10.7 Å². The number of hydrogen-bond acceptors (Lipinski definition) is 5. The summed E-state index contributed by atoms with van der Waals surface area (Å²) in [5.74, 6) is 0.297. The first-order chi connectivity index (χ1) is 8.97. The summed E-state index contributed by atoms with van der Waals surface area (Å²) in [6, 6.07) is 4.72. The van der Waals surface area contributed by atoms with Crippen LogP contribution in [-0.2, 0) is 16.4 Å². The molecule has 3 N–H and O–H groups in total. The Morgan fingerprint density at radius 1 is 1.42 bits per heavy atom. The molecule has 0 fully saturated rings. The lowest BCUT2D eigenvalue weighted by atomic mass is 10.1. The Morgan fingerprint density at radius 3 is 2.79 bits per heavy atom. The minimum Gasteiger partial charge on any atom is -0.384 e. The largest absolute Gasteiger partial charge is 0.384 e. The van der Waals surface area contributed by atoms with Crippen molar-refractivity contribution in [2.75, 3.05) is 5.73 Å². The van der Waals surface area contributed by atoms with Crippen molar-refractivity contribution in [3.8, 4) is 0 Å². The van der Waals surface area contributed by atoms with E-state index in [4.69, 9.17) is 5.73 Å². The van der Waals surface area contributed by atoms with Gasteiger partial charge in [0.25, 0.3) is 0 Å². The molecule has 0 spiro atoms. The van der Waals surface area contributed by atoms with E-state index in [2.05, 4.69) is 9.71 Å². The third-order valence-corrected chi connectivity index (χ3v) is 4.85. The Hall–Kier alpha value is -1.44. The highest BCUT2D eigenvalue weighted by atomic mass is 32.2. The maximum absolute atomic E-state index is 12.1. The SMILES string of the molecule is CC(Cc1ccsc1)NS(=O)(=O)c1ccc(N)nc1. The lowest BCUT2D eigenvalue weighted by Crippen LogP contribution is -2.34. The van der Waals surface area contributed by atoms with E-state index in [1.54, 1.807) is 11.3 Å². The molecule has 2 rings (SSSR count). The van der Waals surface area contributed by atoms with Gasteiger partial charge in [-0.15, -0.1) is 0 Å². The molecule has 0 radical (unpaired) electrons. The summed E-state index contributed by atoms with van der Waals surface area (Å²) < 4.78 is 26.8. The first-order valence-corrected chi connectivity index (χ1v) is 8.15. The second kappa shape index (κ2) is 5.68. The zero-order valence-corrected chi connectivity index (χ0v) is 12.0. The predicted molar refractivity (Wildman–Crippen MR) is 76.5 cm³/mol. The van der Waals surface area contributed by atoms with E-state index in [1.807, 2.05) is 23.8 Å². The van der Waals surface area contributed by atoms with Crippen LogP contribution in [-0.4, -0.2) is 19.4 Å². The van der Waals surface area contributed by atoms with Crippen LogP contribution in [0.3, 0.4) is 0 Å². The second-order valence-corrected chi connectivity index (χ2v) is 6.77. The van der Waals surface area contributed by atoms with Gasteiger partial charge in [0.2, 0.25) is 10.0 Å². The van der Waals surface area contributed by atoms with Crippen molar-refractivity contribution < 1.29 is 8.42 Å². The molecule has 19 heavy (non-hydrogen) atoms. The summed E-state index contributed by atoms with van der Waals surface area (Å²) in [5.41, 5.74) is 6.56. The van der Waals surface area contributed by atoms with Crippen molar-refractivity contribution in [3.63, 3.8) is 0 Å². The molecule has 2 heterocycles. The maximum Gasteiger partial charge on any atom is 0.242 e. The Bertz CT molecular complexity index is 622. The molecule has 0 saturated carbocycles. The third kappa shape index (κ3) is 3.76. The number of nitrogens with one attached hydrogen (secondary N) is 1. The highest BCUT2D eigenvalue weighted by molar-refractivity contribution is 7.89. The minimum absolute atomic E-state index is 0.124. The van der Waals surface area contributed by atoms with Gasteiger partial charge in [-0.1, -0.05) is 0 Å². The third-order valence-electron chi connectivity index (χ3n) is 2.55. The standard InChI is InChI=1S/C12H15N3O2S2/c1-9(6-10-4-5-18-8-10)15-19(16,17)11-2-3-12(13)14-7-11/h2-5,7-9,15H,6H2,1H3,(H2,13,14). The molecule has 7 heteroatoms. The highest BCUT2D eigenvalue weighted by Crippen LogP contribution is 2.12. The summed E-state index contributed by atoms with van der Waals surface area (Å²) in [7, 11) is -3.54. The summed E-state index contributed by atoms with van der Waals surface area (Å²) in [5, 5.41) is 3.98. The molecule has 1 unspecified atom stereocenters. The van der Waals surface area contributed by atoms with E-state index in [1.165, 1.54) is 18.3 Å². The number of nitrogens with two attached hydrogens (primary N) is 1. The summed E-state index contributed by atoms with van der Waals surface area (Å²) in [6.45, 7) is 1.83. The van der Waals surface area contributed by atoms with Crippen LogP contribution < -0.4 is 10.5 Å². The Morgan fingerprint density at radius 2 is 2.21 bits per heavy atom. The molecule has 0 aliphatic rings. The van der Waals surface area contributed by atoms with Gasteiger partial charge in [-0.05, 0) is 47.9 Å². The van der Waals surface area contributed by atoms with E-state index in [0.717, 1.165) is 5.56 Å². The van der Waals surface area contributed by atoms with Gasteiger partial charge in [0.05, 0.1) is 0 Å². The van der Waals surface area contributed by atoms with Gasteiger partial charge in [-0.25, -0.2) is 18.1 Å². The van der Waals surface area contributed by atoms with Crippen LogP contribution in [0.2, 0.25) is 0 Å². The van der Waals surface area contributed by atoms with E-state index < -0.39 is 10.0 Å². The van der Waals surface area contributed by atoms with Crippen LogP contribution in [0.1, 0.15) is 12.5 Å². The number of sulfonamides is 1. The number of nitrogen functional groups attached to an aromatic ring is 1. The van der Waals surface area contributed by atoms with Gasteiger partial charge in [0, 0.05) is 12.2 Å². The first-order valence-electron chi connectivity index (χ1n) is 5.72. The molecular formula is C12H15N3O2S2. The average molecular weight is 297 g/mol. The van der Waals surface area contributed by atoms with Crippen molar-refractivity contribution in [1.29, 1.82) is 0 Å². The number of pyridine rings is 1. The molecule has 0 aromatic carbocycles. The second-order valence-electron chi connectivity index (χ2n) is 4.28. The predicted octanol–water partition coefficient (Wildman–Crippen LogP) is 1.63. The molecule has 5 nitrogen and oxygen atoms in total. The van der Waals surface area contributed by atoms with Gasteiger partial charge in [-0.2, -0.15) is 11.3 Å². The fourth-order valence-corrected chi connectivity index (χ4v) is 3.56. The lowest BCUT2D eigenvalue weighted by molar-refractivity contribution is 0.559. The number of aromatic nitrogens is 1. The van der Waals surface area contributed by atoms with Crippen LogP contribution in [0.5, 0.6) is 0 Å². The maximum atomic E-state index is 12.1. The molecular weight excluding hydrogens is 282 g/mol. The topological polar surface area (TPSA) is 85.1 Å². The summed E-state index contributed by atoms with van der Waals surface area (Å²) in [4.78, 5) is 3.91. The van der Waals surface area contributed by atoms with Crippen LogP contribution >= 0.6 is 11.3 Å². The van der Waals surface area contributed by atoms with Gasteiger partial charge in [0.15, 0.2) is 0 Å². The van der Waals surface area contributed by atoms with Gasteiger partial charge in [-0.3, -0.25) is 0 Å². The molecule has 0 saturated heterocycles. The normalized spacial score (nSPS) is 13.3. The first kappa shape index (κ1) is 14.0. The Labute approximate surface area is 116 Å². The van der Waals surface area contributed by atoms with Crippen molar-refractivity contribution in [2.24, 2.45) is 0 Å². The summed E-state index contributed by atoms with van der Waals surface area (Å²) in [6.07, 6.45) is 1.92. The lowest BCUT2D eigenvalue weighted by Gasteiger charge is -2.13. The molecule has 102 valence electrons. The Balaban J connectivity index is 2.06. The number of thiophene rings is 1. The molecule has 2 aromatic heterocycles. The van der Waals surface area contributed by atoms with Crippen LogP contribution in [0.4, 0.5) is 5.82 Å². The van der Waals surface area contributed by atoms with Crippen molar-refractivity contribution in [1.82, 2.24) is 9.71 Å². The average Bonchev–Trinajstić information content (AvgIpc) is 2.81. The highest BCUT2D eigenvalue weighted by Gasteiger charge is 2.17. The smallest absolute Gasteiger partial charge is 0.242 e. The molecule has 1 atom stereocenters.